The first-order valence-corrected chi connectivity index (χ1v) is 7.91. The highest BCUT2D eigenvalue weighted by Crippen LogP contribution is 2.29. The maximum absolute atomic E-state index is 12.4. The summed E-state index contributed by atoms with van der Waals surface area (Å²) in [4.78, 5) is 37.5. The van der Waals surface area contributed by atoms with Crippen molar-refractivity contribution in [3.63, 3.8) is 0 Å². The highest BCUT2D eigenvalue weighted by Gasteiger charge is 2.38. The second-order valence-corrected chi connectivity index (χ2v) is 5.51. The van der Waals surface area contributed by atoms with Crippen molar-refractivity contribution in [1.29, 1.82) is 0 Å². The van der Waals surface area contributed by atoms with Crippen LogP contribution in [0.4, 0.5) is 0 Å². The molecule has 1 aromatic rings. The van der Waals surface area contributed by atoms with Crippen molar-refractivity contribution in [2.45, 2.75) is 46.2 Å². The summed E-state index contributed by atoms with van der Waals surface area (Å²) in [5, 5.41) is 2.70. The van der Waals surface area contributed by atoms with E-state index in [9.17, 15) is 14.4 Å². The molecule has 1 unspecified atom stereocenters. The van der Waals surface area contributed by atoms with E-state index in [4.69, 9.17) is 0 Å². The number of carbonyl (C=O) groups excluding carboxylic acids is 3. The number of allylic oxidation sites excluding steroid dienone is 1. The summed E-state index contributed by atoms with van der Waals surface area (Å²) >= 11 is 0. The number of rotatable bonds is 2. The van der Waals surface area contributed by atoms with Gasteiger partial charge in [0, 0.05) is 23.4 Å². The Bertz CT molecular complexity index is 679. The number of fused-ring (bicyclic) bond motifs is 1. The van der Waals surface area contributed by atoms with Gasteiger partial charge in [0.05, 0.1) is 0 Å². The second kappa shape index (κ2) is 6.77. The fourth-order valence-corrected chi connectivity index (χ4v) is 2.87. The highest BCUT2D eigenvalue weighted by molar-refractivity contribution is 6.03. The van der Waals surface area contributed by atoms with Crippen molar-refractivity contribution in [3.05, 3.63) is 47.2 Å². The molecule has 5 heteroatoms. The van der Waals surface area contributed by atoms with E-state index in [1.807, 2.05) is 13.8 Å². The maximum atomic E-state index is 12.4. The molecule has 1 aromatic carbocycles. The van der Waals surface area contributed by atoms with E-state index < -0.39 is 6.04 Å². The third-order valence-electron chi connectivity index (χ3n) is 4.04. The van der Waals surface area contributed by atoms with Crippen LogP contribution in [0.1, 0.15) is 59.9 Å². The van der Waals surface area contributed by atoms with Gasteiger partial charge < -0.3 is 10.2 Å². The Morgan fingerprint density at radius 3 is 2.61 bits per heavy atom. The molecule has 1 atom stereocenters. The van der Waals surface area contributed by atoms with Crippen molar-refractivity contribution in [2.24, 2.45) is 0 Å². The van der Waals surface area contributed by atoms with E-state index in [1.54, 1.807) is 23.1 Å². The Labute approximate surface area is 136 Å². The third kappa shape index (κ3) is 3.18. The van der Waals surface area contributed by atoms with Gasteiger partial charge in [-0.2, -0.15) is 0 Å². The van der Waals surface area contributed by atoms with Crippen molar-refractivity contribution >= 4 is 17.6 Å². The van der Waals surface area contributed by atoms with Crippen LogP contribution >= 0.6 is 0 Å². The van der Waals surface area contributed by atoms with Gasteiger partial charge in [0.15, 0.2) is 5.78 Å². The van der Waals surface area contributed by atoms with Gasteiger partial charge in [0.1, 0.15) is 6.04 Å². The Balaban J connectivity index is 0.000000924. The molecule has 0 aromatic heterocycles. The lowest BCUT2D eigenvalue weighted by atomic mass is 10.0. The van der Waals surface area contributed by atoms with Crippen LogP contribution in [-0.4, -0.2) is 28.5 Å². The van der Waals surface area contributed by atoms with Gasteiger partial charge in [0.2, 0.25) is 5.91 Å². The summed E-state index contributed by atoms with van der Waals surface area (Å²) in [5.74, 6) is -0.359. The number of Topliss-reactive ketones (excluding diaryl/α,β-unsaturated/α-hetero) is 1. The minimum Gasteiger partial charge on any atom is -0.329 e. The quantitative estimate of drug-likeness (QED) is 0.853. The maximum Gasteiger partial charge on any atom is 0.255 e. The molecule has 2 amide bonds. The largest absolute Gasteiger partial charge is 0.329 e. The van der Waals surface area contributed by atoms with Crippen LogP contribution < -0.4 is 5.32 Å². The van der Waals surface area contributed by atoms with Gasteiger partial charge in [-0.05, 0) is 37.5 Å². The fraction of sp³-hybridized carbons (Fsp3) is 0.389. The molecule has 1 fully saturated rings. The monoisotopic (exact) mass is 314 g/mol. The van der Waals surface area contributed by atoms with Crippen LogP contribution in [0.2, 0.25) is 0 Å². The molecule has 0 spiro atoms. The number of benzene rings is 1. The van der Waals surface area contributed by atoms with E-state index in [0.29, 0.717) is 36.2 Å². The predicted molar refractivity (Wildman–Crippen MR) is 88.0 cm³/mol. The molecule has 0 bridgehead atoms. The SMILES string of the molecule is C=C1CCC(N2Cc3cc(C(C)=O)ccc3C2=O)C(=O)N1.CC. The van der Waals surface area contributed by atoms with Gasteiger partial charge in [-0.25, -0.2) is 0 Å². The van der Waals surface area contributed by atoms with Crippen molar-refractivity contribution in [2.75, 3.05) is 0 Å². The van der Waals surface area contributed by atoms with Gasteiger partial charge in [-0.3, -0.25) is 14.4 Å². The standard InChI is InChI=1S/C16H16N2O3.C2H6/c1-9-3-6-14(15(20)17-9)18-8-12-7-11(10(2)19)4-5-13(12)16(18)21;1-2/h4-5,7,14H,1,3,6,8H2,2H3,(H,17,20);1-2H3. The molecule has 5 nitrogen and oxygen atoms in total. The van der Waals surface area contributed by atoms with Crippen LogP contribution in [0.25, 0.3) is 0 Å². The van der Waals surface area contributed by atoms with Gasteiger partial charge in [-0.15, -0.1) is 0 Å². The normalized spacial score (nSPS) is 19.7. The van der Waals surface area contributed by atoms with E-state index in [-0.39, 0.29) is 17.6 Å². The molecule has 1 saturated heterocycles. The van der Waals surface area contributed by atoms with E-state index in [1.165, 1.54) is 6.92 Å². The molecule has 23 heavy (non-hydrogen) atoms. The van der Waals surface area contributed by atoms with E-state index in [2.05, 4.69) is 11.9 Å². The number of ketones is 1. The molecular formula is C18H22N2O3. The average Bonchev–Trinajstić information content (AvgIpc) is 2.85. The van der Waals surface area contributed by atoms with Gasteiger partial charge >= 0.3 is 0 Å². The fourth-order valence-electron chi connectivity index (χ4n) is 2.87. The zero-order valence-electron chi connectivity index (χ0n) is 13.8. The molecule has 3 rings (SSSR count). The van der Waals surface area contributed by atoms with Crippen LogP contribution in [0.15, 0.2) is 30.5 Å². The summed E-state index contributed by atoms with van der Waals surface area (Å²) in [6.45, 7) is 9.61. The Morgan fingerprint density at radius 1 is 1.30 bits per heavy atom. The zero-order chi connectivity index (χ0) is 17.1. The van der Waals surface area contributed by atoms with Crippen LogP contribution in [-0.2, 0) is 11.3 Å². The lowest BCUT2D eigenvalue weighted by Crippen LogP contribution is -2.49. The van der Waals surface area contributed by atoms with Crippen molar-refractivity contribution < 1.29 is 14.4 Å². The Kier molecular flexibility index (Phi) is 4.98. The molecule has 122 valence electrons. The molecule has 0 radical (unpaired) electrons. The van der Waals surface area contributed by atoms with E-state index in [0.717, 1.165) is 5.56 Å². The first-order valence-electron chi connectivity index (χ1n) is 7.91. The number of nitrogens with one attached hydrogen (secondary N) is 1. The lowest BCUT2D eigenvalue weighted by molar-refractivity contribution is -0.126. The third-order valence-corrected chi connectivity index (χ3v) is 4.04. The molecular weight excluding hydrogens is 292 g/mol. The minimum atomic E-state index is -0.462. The molecule has 2 aliphatic heterocycles. The summed E-state index contributed by atoms with van der Waals surface area (Å²) in [5.41, 5.74) is 2.67. The molecule has 2 aliphatic rings. The van der Waals surface area contributed by atoms with Crippen molar-refractivity contribution in [3.8, 4) is 0 Å². The zero-order valence-corrected chi connectivity index (χ0v) is 13.8. The topological polar surface area (TPSA) is 66.5 Å². The number of nitrogens with zero attached hydrogens (tertiary/aromatic N) is 1. The summed E-state index contributed by atoms with van der Waals surface area (Å²) in [7, 11) is 0. The van der Waals surface area contributed by atoms with Gasteiger partial charge in [0.25, 0.3) is 5.91 Å². The summed E-state index contributed by atoms with van der Waals surface area (Å²) < 4.78 is 0. The Morgan fingerprint density at radius 2 is 2.00 bits per heavy atom. The molecule has 0 saturated carbocycles. The van der Waals surface area contributed by atoms with Crippen LogP contribution in [0.3, 0.4) is 0 Å². The number of hydrogen-bond donors (Lipinski definition) is 1. The van der Waals surface area contributed by atoms with Gasteiger partial charge in [-0.1, -0.05) is 26.5 Å². The minimum absolute atomic E-state index is 0.0320. The highest BCUT2D eigenvalue weighted by atomic mass is 16.2. The Hall–Kier alpha value is -2.43. The van der Waals surface area contributed by atoms with Crippen molar-refractivity contribution in [1.82, 2.24) is 10.2 Å². The summed E-state index contributed by atoms with van der Waals surface area (Å²) in [6, 6.07) is 4.62. The van der Waals surface area contributed by atoms with E-state index >= 15 is 0 Å². The summed E-state index contributed by atoms with van der Waals surface area (Å²) in [6.07, 6.45) is 1.26. The molecule has 0 aliphatic carbocycles. The lowest BCUT2D eigenvalue weighted by Gasteiger charge is -2.30. The second-order valence-electron chi connectivity index (χ2n) is 5.51. The number of amides is 2. The number of hydrogen-bond acceptors (Lipinski definition) is 3. The smallest absolute Gasteiger partial charge is 0.255 e. The predicted octanol–water partition coefficient (Wildman–Crippen LogP) is 2.66. The first-order chi connectivity index (χ1) is 11.0. The number of carbonyl (C=O) groups is 3. The average molecular weight is 314 g/mol. The first kappa shape index (κ1) is 16.9. The molecule has 1 N–H and O–H groups in total. The van der Waals surface area contributed by atoms with Crippen LogP contribution in [0, 0.1) is 0 Å². The van der Waals surface area contributed by atoms with Crippen LogP contribution in [0.5, 0.6) is 0 Å². The number of piperidine rings is 1. The molecule has 2 heterocycles.